The lowest BCUT2D eigenvalue weighted by molar-refractivity contribution is 0.0632. The molecule has 0 spiro atoms. The average molecular weight is 335 g/mol. The summed E-state index contributed by atoms with van der Waals surface area (Å²) in [5, 5.41) is 1.11. The monoisotopic (exact) mass is 335 g/mol. The van der Waals surface area contributed by atoms with Crippen LogP contribution in [0.25, 0.3) is 10.9 Å². The quantitative estimate of drug-likeness (QED) is 0.733. The van der Waals surface area contributed by atoms with Crippen LogP contribution in [-0.4, -0.2) is 41.2 Å². The molecular formula is C20H21N3O2. The summed E-state index contributed by atoms with van der Waals surface area (Å²) in [7, 11) is 2.05. The van der Waals surface area contributed by atoms with Gasteiger partial charge in [-0.2, -0.15) is 0 Å². The van der Waals surface area contributed by atoms with Gasteiger partial charge in [0.2, 0.25) is 0 Å². The van der Waals surface area contributed by atoms with Gasteiger partial charge in [-0.25, -0.2) is 9.97 Å². The van der Waals surface area contributed by atoms with Crippen molar-refractivity contribution in [3.8, 4) is 11.5 Å². The van der Waals surface area contributed by atoms with E-state index in [4.69, 9.17) is 9.47 Å². The highest BCUT2D eigenvalue weighted by molar-refractivity contribution is 5.80. The topological polar surface area (TPSA) is 47.5 Å². The van der Waals surface area contributed by atoms with Crippen LogP contribution in [0.5, 0.6) is 11.5 Å². The number of nitrogens with zero attached hydrogens (tertiary/aromatic N) is 3. The van der Waals surface area contributed by atoms with Crippen molar-refractivity contribution in [1.82, 2.24) is 14.9 Å². The molecular weight excluding hydrogens is 314 g/mol. The molecule has 1 aromatic heterocycles. The molecule has 0 N–H and O–H groups in total. The number of aryl methyl sites for hydroxylation is 1. The summed E-state index contributed by atoms with van der Waals surface area (Å²) >= 11 is 0. The van der Waals surface area contributed by atoms with Gasteiger partial charge in [-0.1, -0.05) is 30.3 Å². The molecule has 3 aromatic rings. The molecule has 1 atom stereocenters. The molecule has 1 aliphatic rings. The number of para-hydroxylation sites is 3. The van der Waals surface area contributed by atoms with Crippen molar-refractivity contribution in [2.75, 3.05) is 20.2 Å². The van der Waals surface area contributed by atoms with Crippen LogP contribution in [0.15, 0.2) is 48.5 Å². The minimum atomic E-state index is 0.00135. The van der Waals surface area contributed by atoms with Gasteiger partial charge >= 0.3 is 0 Å². The van der Waals surface area contributed by atoms with Gasteiger partial charge in [0.15, 0.2) is 11.5 Å². The van der Waals surface area contributed by atoms with Crippen molar-refractivity contribution in [2.45, 2.75) is 19.6 Å². The van der Waals surface area contributed by atoms with Gasteiger partial charge in [0.1, 0.15) is 18.5 Å². The molecule has 1 aliphatic heterocycles. The van der Waals surface area contributed by atoms with Gasteiger partial charge in [0, 0.05) is 17.6 Å². The van der Waals surface area contributed by atoms with Crippen LogP contribution in [0.1, 0.15) is 11.5 Å². The third kappa shape index (κ3) is 3.42. The first kappa shape index (κ1) is 15.8. The van der Waals surface area contributed by atoms with E-state index in [1.165, 1.54) is 0 Å². The van der Waals surface area contributed by atoms with Crippen LogP contribution < -0.4 is 9.47 Å². The van der Waals surface area contributed by atoms with E-state index in [2.05, 4.69) is 28.0 Å². The number of benzene rings is 2. The van der Waals surface area contributed by atoms with E-state index in [9.17, 15) is 0 Å². The van der Waals surface area contributed by atoms with Crippen LogP contribution in [0.3, 0.4) is 0 Å². The molecule has 5 nitrogen and oxygen atoms in total. The highest BCUT2D eigenvalue weighted by Crippen LogP contribution is 2.31. The van der Waals surface area contributed by atoms with Crippen molar-refractivity contribution < 1.29 is 9.47 Å². The van der Waals surface area contributed by atoms with E-state index >= 15 is 0 Å². The van der Waals surface area contributed by atoms with E-state index in [0.717, 1.165) is 40.5 Å². The highest BCUT2D eigenvalue weighted by atomic mass is 16.6. The molecule has 5 heteroatoms. The zero-order valence-electron chi connectivity index (χ0n) is 14.5. The van der Waals surface area contributed by atoms with Crippen LogP contribution in [0.2, 0.25) is 0 Å². The Balaban J connectivity index is 1.43. The highest BCUT2D eigenvalue weighted by Gasteiger charge is 2.22. The maximum absolute atomic E-state index is 6.03. The van der Waals surface area contributed by atoms with Gasteiger partial charge in [-0.05, 0) is 32.2 Å². The fourth-order valence-corrected chi connectivity index (χ4v) is 3.17. The Labute approximate surface area is 147 Å². The predicted octanol–water partition coefficient (Wildman–Crippen LogP) is 3.21. The van der Waals surface area contributed by atoms with Crippen LogP contribution in [0, 0.1) is 6.92 Å². The number of aromatic nitrogens is 2. The minimum absolute atomic E-state index is 0.00135. The second kappa shape index (κ2) is 6.69. The Kier molecular flexibility index (Phi) is 4.24. The summed E-state index contributed by atoms with van der Waals surface area (Å²) in [5.74, 6) is 2.45. The minimum Gasteiger partial charge on any atom is -0.486 e. The maximum atomic E-state index is 6.03. The second-order valence-electron chi connectivity index (χ2n) is 6.44. The van der Waals surface area contributed by atoms with E-state index in [1.54, 1.807) is 0 Å². The SMILES string of the molecule is Cc1nc(CN(C)C[C@H]2COc3ccccc3O2)nc2ccccc12. The summed E-state index contributed by atoms with van der Waals surface area (Å²) in [4.78, 5) is 11.5. The standard InChI is InChI=1S/C20H21N3O2/c1-14-16-7-3-4-8-17(16)22-20(21-14)12-23(2)11-15-13-24-18-9-5-6-10-19(18)25-15/h3-10,15H,11-13H2,1-2H3/t15-/m0/s1. The number of fused-ring (bicyclic) bond motifs is 2. The zero-order chi connectivity index (χ0) is 17.2. The number of hydrogen-bond acceptors (Lipinski definition) is 5. The van der Waals surface area contributed by atoms with Crippen LogP contribution in [-0.2, 0) is 6.54 Å². The maximum Gasteiger partial charge on any atom is 0.161 e. The second-order valence-corrected chi connectivity index (χ2v) is 6.44. The van der Waals surface area contributed by atoms with Gasteiger partial charge in [0.25, 0.3) is 0 Å². The lowest BCUT2D eigenvalue weighted by Gasteiger charge is -2.29. The molecule has 25 heavy (non-hydrogen) atoms. The third-order valence-electron chi connectivity index (χ3n) is 4.33. The van der Waals surface area contributed by atoms with Crippen LogP contribution in [0.4, 0.5) is 0 Å². The summed E-state index contributed by atoms with van der Waals surface area (Å²) < 4.78 is 11.8. The van der Waals surface area contributed by atoms with Crippen molar-refractivity contribution >= 4 is 10.9 Å². The summed E-state index contributed by atoms with van der Waals surface area (Å²) in [6.45, 7) is 4.01. The number of ether oxygens (including phenoxy) is 2. The molecule has 128 valence electrons. The summed E-state index contributed by atoms with van der Waals surface area (Å²) in [5.41, 5.74) is 2.00. The first-order valence-corrected chi connectivity index (χ1v) is 8.48. The Morgan fingerprint density at radius 3 is 2.68 bits per heavy atom. The third-order valence-corrected chi connectivity index (χ3v) is 4.33. The summed E-state index contributed by atoms with van der Waals surface area (Å²) in [6, 6.07) is 15.9. The van der Waals surface area contributed by atoms with E-state index in [-0.39, 0.29) is 6.10 Å². The molecule has 2 aromatic carbocycles. The molecule has 0 saturated carbocycles. The largest absolute Gasteiger partial charge is 0.486 e. The van der Waals surface area contributed by atoms with Gasteiger partial charge in [-0.3, -0.25) is 4.90 Å². The number of rotatable bonds is 4. The van der Waals surface area contributed by atoms with Crippen molar-refractivity contribution in [3.05, 3.63) is 60.0 Å². The molecule has 0 amide bonds. The van der Waals surface area contributed by atoms with E-state index in [1.807, 2.05) is 49.4 Å². The number of likely N-dealkylation sites (N-methyl/N-ethyl adjacent to an activating group) is 1. The number of hydrogen-bond donors (Lipinski definition) is 0. The predicted molar refractivity (Wildman–Crippen MR) is 97.0 cm³/mol. The average Bonchev–Trinajstić information content (AvgIpc) is 2.61. The fraction of sp³-hybridized carbons (Fsp3) is 0.300. The molecule has 0 radical (unpaired) electrons. The lowest BCUT2D eigenvalue weighted by atomic mass is 10.2. The van der Waals surface area contributed by atoms with Crippen molar-refractivity contribution in [2.24, 2.45) is 0 Å². The molecule has 0 bridgehead atoms. The molecule has 2 heterocycles. The Bertz CT molecular complexity index is 897. The van der Waals surface area contributed by atoms with E-state index in [0.29, 0.717) is 13.2 Å². The summed E-state index contributed by atoms with van der Waals surface area (Å²) in [6.07, 6.45) is 0.00135. The van der Waals surface area contributed by atoms with Crippen molar-refractivity contribution in [1.29, 1.82) is 0 Å². The van der Waals surface area contributed by atoms with Crippen molar-refractivity contribution in [3.63, 3.8) is 0 Å². The van der Waals surface area contributed by atoms with Gasteiger partial charge in [0.05, 0.1) is 12.1 Å². The Hall–Kier alpha value is -2.66. The molecule has 4 rings (SSSR count). The lowest BCUT2D eigenvalue weighted by Crippen LogP contribution is -2.39. The fourth-order valence-electron chi connectivity index (χ4n) is 3.17. The Morgan fingerprint density at radius 1 is 1.04 bits per heavy atom. The first-order chi connectivity index (χ1) is 12.2. The molecule has 0 unspecified atom stereocenters. The molecule has 0 saturated heterocycles. The van der Waals surface area contributed by atoms with Gasteiger partial charge in [-0.15, -0.1) is 0 Å². The Morgan fingerprint density at radius 2 is 1.80 bits per heavy atom. The van der Waals surface area contributed by atoms with Gasteiger partial charge < -0.3 is 9.47 Å². The molecule has 0 aliphatic carbocycles. The van der Waals surface area contributed by atoms with E-state index < -0.39 is 0 Å². The van der Waals surface area contributed by atoms with Crippen LogP contribution >= 0.6 is 0 Å². The zero-order valence-corrected chi connectivity index (χ0v) is 14.5. The molecule has 0 fully saturated rings. The normalized spacial score (nSPS) is 16.4. The first-order valence-electron chi connectivity index (χ1n) is 8.48. The smallest absolute Gasteiger partial charge is 0.161 e.